The lowest BCUT2D eigenvalue weighted by Crippen LogP contribution is -2.03. The fourth-order valence-electron chi connectivity index (χ4n) is 4.08. The largest absolute Gasteiger partial charge is 0.481 e. The predicted octanol–water partition coefficient (Wildman–Crippen LogP) is 6.03. The number of aryl methyl sites for hydroxylation is 2. The van der Waals surface area contributed by atoms with Gasteiger partial charge in [-0.1, -0.05) is 42.4 Å². The molecule has 4 rings (SSSR count). The van der Waals surface area contributed by atoms with E-state index in [0.29, 0.717) is 17.7 Å². The number of carbonyl (C=O) groups excluding carboxylic acids is 1. The second kappa shape index (κ2) is 10.1. The zero-order chi connectivity index (χ0) is 24.1. The molecule has 33 heavy (non-hydrogen) atoms. The van der Waals surface area contributed by atoms with Crippen LogP contribution in [0.1, 0.15) is 54.2 Å². The molecule has 0 saturated carbocycles. The van der Waals surface area contributed by atoms with E-state index in [1.165, 1.54) is 0 Å². The van der Waals surface area contributed by atoms with E-state index in [9.17, 15) is 10.0 Å². The quantitative estimate of drug-likeness (QED) is 0.170. The van der Waals surface area contributed by atoms with Gasteiger partial charge in [0.05, 0.1) is 5.71 Å². The molecule has 6 nitrogen and oxygen atoms in total. The Kier molecular flexibility index (Phi) is 7.28. The van der Waals surface area contributed by atoms with Gasteiger partial charge < -0.3 is 14.9 Å². The molecule has 4 aromatic rings. The molecule has 0 spiro atoms. The summed E-state index contributed by atoms with van der Waals surface area (Å²) in [5.74, 6) is -0.801. The van der Waals surface area contributed by atoms with Gasteiger partial charge in [-0.05, 0) is 56.2 Å². The molecule has 0 saturated heterocycles. The molecule has 0 aliphatic heterocycles. The third-order valence-corrected chi connectivity index (χ3v) is 5.62. The molecule has 0 radical (unpaired) electrons. The van der Waals surface area contributed by atoms with Crippen LogP contribution in [0.25, 0.3) is 21.8 Å². The Morgan fingerprint density at radius 1 is 0.909 bits per heavy atom. The van der Waals surface area contributed by atoms with Crippen molar-refractivity contribution in [1.82, 2.24) is 4.57 Å². The number of hydrogen-bond acceptors (Lipinski definition) is 4. The van der Waals surface area contributed by atoms with Crippen LogP contribution in [0.4, 0.5) is 0 Å². The number of carbonyl (C=O) groups is 2. The fraction of sp³-hybridized carbons (Fsp3) is 0.222. The van der Waals surface area contributed by atoms with Crippen molar-refractivity contribution >= 4 is 39.3 Å². The van der Waals surface area contributed by atoms with Crippen molar-refractivity contribution in [3.05, 3.63) is 82.9 Å². The van der Waals surface area contributed by atoms with Gasteiger partial charge in [-0.3, -0.25) is 9.59 Å². The molecular weight excluding hydrogens is 416 g/mol. The predicted molar refractivity (Wildman–Crippen MR) is 132 cm³/mol. The summed E-state index contributed by atoms with van der Waals surface area (Å²) in [7, 11) is 0. The summed E-state index contributed by atoms with van der Waals surface area (Å²) in [5.41, 5.74) is 6.14. The third kappa shape index (κ3) is 4.80. The van der Waals surface area contributed by atoms with Crippen molar-refractivity contribution in [2.45, 2.75) is 40.7 Å². The number of ketones is 1. The molecule has 0 fully saturated rings. The molecule has 170 valence electrons. The summed E-state index contributed by atoms with van der Waals surface area (Å²) in [6.45, 7) is 7.96. The second-order valence-corrected chi connectivity index (χ2v) is 7.77. The first-order valence-electron chi connectivity index (χ1n) is 10.9. The Morgan fingerprint density at radius 2 is 1.45 bits per heavy atom. The smallest absolute Gasteiger partial charge is 0.300 e. The highest BCUT2D eigenvalue weighted by molar-refractivity contribution is 6.16. The van der Waals surface area contributed by atoms with Crippen molar-refractivity contribution in [1.29, 1.82) is 0 Å². The maximum atomic E-state index is 13.1. The molecule has 0 unspecified atom stereocenters. The van der Waals surface area contributed by atoms with Crippen molar-refractivity contribution in [3.8, 4) is 0 Å². The minimum absolute atomic E-state index is 0.0321. The summed E-state index contributed by atoms with van der Waals surface area (Å²) in [4.78, 5) is 22.1. The van der Waals surface area contributed by atoms with Crippen LogP contribution >= 0.6 is 0 Å². The van der Waals surface area contributed by atoms with Crippen LogP contribution in [-0.4, -0.2) is 32.3 Å². The maximum Gasteiger partial charge on any atom is 0.300 e. The molecule has 3 aromatic carbocycles. The monoisotopic (exact) mass is 444 g/mol. The maximum absolute atomic E-state index is 13.1. The lowest BCUT2D eigenvalue weighted by Gasteiger charge is -2.06. The van der Waals surface area contributed by atoms with Gasteiger partial charge in [0.15, 0.2) is 5.78 Å². The number of fused-ring (bicyclic) bond motifs is 3. The number of hydrogen-bond donors (Lipinski definition) is 2. The Balaban J connectivity index is 0.000000709. The SMILES string of the molecule is CC(=O)O.CCC(=NO)c1ccc2c(c1)c1cc(C(=O)c3ccccc3C)ccc1n2CC. The topological polar surface area (TPSA) is 91.9 Å². The fourth-order valence-corrected chi connectivity index (χ4v) is 4.08. The third-order valence-electron chi connectivity index (χ3n) is 5.62. The minimum Gasteiger partial charge on any atom is -0.481 e. The number of aliphatic carboxylic acids is 1. The highest BCUT2D eigenvalue weighted by Crippen LogP contribution is 2.31. The standard InChI is InChI=1S/C25H24N2O2.C2H4O2/c1-4-22(26-29)17-10-12-23-20(14-17)21-15-18(11-13-24(21)27(23)5-2)25(28)19-9-7-6-8-16(19)3;1-2(3)4/h6-15,29H,4-5H2,1-3H3;1H3,(H,3,4). The Hall–Kier alpha value is -3.93. The van der Waals surface area contributed by atoms with Crippen molar-refractivity contribution < 1.29 is 19.9 Å². The molecule has 2 N–H and O–H groups in total. The number of rotatable bonds is 5. The number of carboxylic acids is 1. The number of nitrogens with zero attached hydrogens (tertiary/aromatic N) is 2. The van der Waals surface area contributed by atoms with E-state index in [4.69, 9.17) is 9.90 Å². The first kappa shape index (κ1) is 23.7. The van der Waals surface area contributed by atoms with Gasteiger partial charge in [0.2, 0.25) is 0 Å². The molecule has 0 aliphatic carbocycles. The minimum atomic E-state index is -0.833. The van der Waals surface area contributed by atoms with Gasteiger partial charge in [-0.2, -0.15) is 0 Å². The Labute approximate surface area is 192 Å². The van der Waals surface area contributed by atoms with E-state index < -0.39 is 5.97 Å². The zero-order valence-electron chi connectivity index (χ0n) is 19.3. The average molecular weight is 445 g/mol. The number of oxime groups is 1. The summed E-state index contributed by atoms with van der Waals surface area (Å²) in [5, 5.41) is 22.3. The highest BCUT2D eigenvalue weighted by atomic mass is 16.4. The van der Waals surface area contributed by atoms with Crippen LogP contribution < -0.4 is 0 Å². The molecular formula is C27H28N2O4. The average Bonchev–Trinajstić information content (AvgIpc) is 3.12. The number of benzene rings is 3. The second-order valence-electron chi connectivity index (χ2n) is 7.77. The normalized spacial score (nSPS) is 11.3. The van der Waals surface area contributed by atoms with Crippen molar-refractivity contribution in [2.24, 2.45) is 5.16 Å². The van der Waals surface area contributed by atoms with Crippen LogP contribution in [0.5, 0.6) is 0 Å². The van der Waals surface area contributed by atoms with E-state index in [1.54, 1.807) is 0 Å². The molecule has 0 atom stereocenters. The molecule has 6 heteroatoms. The van der Waals surface area contributed by atoms with Crippen molar-refractivity contribution in [3.63, 3.8) is 0 Å². The van der Waals surface area contributed by atoms with E-state index in [1.807, 2.05) is 62.4 Å². The van der Waals surface area contributed by atoms with Gasteiger partial charge in [0, 0.05) is 52.0 Å². The Morgan fingerprint density at radius 3 is 1.97 bits per heavy atom. The van der Waals surface area contributed by atoms with Crippen molar-refractivity contribution in [2.75, 3.05) is 0 Å². The molecule has 0 aliphatic rings. The molecule has 1 aromatic heterocycles. The van der Waals surface area contributed by atoms with E-state index >= 15 is 0 Å². The summed E-state index contributed by atoms with van der Waals surface area (Å²) in [6.07, 6.45) is 0.644. The van der Waals surface area contributed by atoms with E-state index in [-0.39, 0.29) is 5.78 Å². The van der Waals surface area contributed by atoms with Gasteiger partial charge >= 0.3 is 0 Å². The van der Waals surface area contributed by atoms with E-state index in [2.05, 4.69) is 28.8 Å². The lowest BCUT2D eigenvalue weighted by molar-refractivity contribution is -0.134. The van der Waals surface area contributed by atoms with Crippen LogP contribution in [0, 0.1) is 6.92 Å². The molecule has 1 heterocycles. The van der Waals surface area contributed by atoms with Crippen LogP contribution in [-0.2, 0) is 11.3 Å². The van der Waals surface area contributed by atoms with Gasteiger partial charge in [0.25, 0.3) is 5.97 Å². The van der Waals surface area contributed by atoms with Crippen LogP contribution in [0.15, 0.2) is 65.8 Å². The lowest BCUT2D eigenvalue weighted by atomic mass is 9.97. The van der Waals surface area contributed by atoms with Gasteiger partial charge in [0.1, 0.15) is 0 Å². The Bertz CT molecular complexity index is 1360. The summed E-state index contributed by atoms with van der Waals surface area (Å²) >= 11 is 0. The van der Waals surface area contributed by atoms with E-state index in [0.717, 1.165) is 52.0 Å². The van der Waals surface area contributed by atoms with Crippen LogP contribution in [0.2, 0.25) is 0 Å². The zero-order valence-corrected chi connectivity index (χ0v) is 19.3. The summed E-state index contributed by atoms with van der Waals surface area (Å²) in [6, 6.07) is 19.7. The first-order chi connectivity index (χ1) is 15.8. The summed E-state index contributed by atoms with van der Waals surface area (Å²) < 4.78 is 2.25. The van der Waals surface area contributed by atoms with Crippen LogP contribution in [0.3, 0.4) is 0 Å². The number of carboxylic acid groups (broad SMARTS) is 1. The molecule has 0 amide bonds. The number of aromatic nitrogens is 1. The first-order valence-corrected chi connectivity index (χ1v) is 10.9. The van der Waals surface area contributed by atoms with Gasteiger partial charge in [-0.25, -0.2) is 0 Å². The van der Waals surface area contributed by atoms with Gasteiger partial charge in [-0.15, -0.1) is 0 Å². The molecule has 0 bridgehead atoms. The highest BCUT2D eigenvalue weighted by Gasteiger charge is 2.16.